The lowest BCUT2D eigenvalue weighted by molar-refractivity contribution is -0.703. The van der Waals surface area contributed by atoms with Gasteiger partial charge in [-0.2, -0.15) is 0 Å². The van der Waals surface area contributed by atoms with E-state index in [1.807, 2.05) is 30.3 Å². The van der Waals surface area contributed by atoms with Gasteiger partial charge in [0.2, 0.25) is 0 Å². The summed E-state index contributed by atoms with van der Waals surface area (Å²) in [4.78, 5) is 11.1. The molecule has 1 aromatic heterocycles. The fourth-order valence-electron chi connectivity index (χ4n) is 1.79. The van der Waals surface area contributed by atoms with Gasteiger partial charge in [-0.25, -0.2) is 4.57 Å². The number of nitrogens with two attached hydrogens (primary N) is 1. The van der Waals surface area contributed by atoms with Gasteiger partial charge in [0.1, 0.15) is 24.0 Å². The van der Waals surface area contributed by atoms with Crippen molar-refractivity contribution in [3.05, 3.63) is 60.4 Å². The summed E-state index contributed by atoms with van der Waals surface area (Å²) in [6, 6.07) is 12.6. The lowest BCUT2D eigenvalue weighted by atomic mass is 10.2. The van der Waals surface area contributed by atoms with Crippen molar-refractivity contribution < 1.29 is 19.2 Å². The first-order chi connectivity index (χ1) is 9.65. The van der Waals surface area contributed by atoms with Gasteiger partial charge in [-0.05, 0) is 18.2 Å². The maximum atomic E-state index is 11.1. The molecule has 20 heavy (non-hydrogen) atoms. The molecule has 5 heteroatoms. The van der Waals surface area contributed by atoms with E-state index >= 15 is 0 Å². The van der Waals surface area contributed by atoms with Gasteiger partial charge < -0.3 is 15.6 Å². The first-order valence-electron chi connectivity index (χ1n) is 6.30. The third-order valence-corrected chi connectivity index (χ3v) is 2.75. The number of ether oxygens (including phenoxy) is 1. The molecule has 0 unspecified atom stereocenters. The maximum Gasteiger partial charge on any atom is 0.254 e. The number of carbonyl (C=O) groups is 1. The molecule has 0 bridgehead atoms. The highest BCUT2D eigenvalue weighted by Crippen LogP contribution is 2.08. The number of aliphatic hydroxyl groups excluding tert-OH is 1. The van der Waals surface area contributed by atoms with E-state index in [0.717, 1.165) is 0 Å². The second-order valence-electron chi connectivity index (χ2n) is 4.43. The summed E-state index contributed by atoms with van der Waals surface area (Å²) in [6.45, 7) is 0.506. The lowest BCUT2D eigenvalue weighted by Gasteiger charge is -2.10. The van der Waals surface area contributed by atoms with E-state index in [0.29, 0.717) is 17.9 Å². The summed E-state index contributed by atoms with van der Waals surface area (Å²) in [5.41, 5.74) is 5.61. The zero-order valence-corrected chi connectivity index (χ0v) is 11.0. The number of carbonyl (C=O) groups excluding carboxylic acids is 1. The monoisotopic (exact) mass is 273 g/mol. The Labute approximate surface area is 117 Å². The topological polar surface area (TPSA) is 76.4 Å². The molecule has 1 aromatic carbocycles. The fraction of sp³-hybridized carbons (Fsp3) is 0.200. The molecule has 0 saturated carbocycles. The summed E-state index contributed by atoms with van der Waals surface area (Å²) < 4.78 is 7.17. The Balaban J connectivity index is 1.89. The second kappa shape index (κ2) is 6.68. The van der Waals surface area contributed by atoms with Gasteiger partial charge >= 0.3 is 0 Å². The van der Waals surface area contributed by atoms with Crippen LogP contribution in [0.25, 0.3) is 0 Å². The number of hydrogen-bond donors (Lipinski definition) is 2. The van der Waals surface area contributed by atoms with Crippen LogP contribution in [-0.2, 0) is 6.54 Å². The number of aliphatic hydroxyl groups is 1. The molecular formula is C15H17N2O3+. The molecule has 0 spiro atoms. The molecule has 0 aliphatic carbocycles. The molecule has 5 nitrogen and oxygen atoms in total. The van der Waals surface area contributed by atoms with Gasteiger partial charge in [0.05, 0.1) is 0 Å². The Kier molecular flexibility index (Phi) is 4.68. The minimum Gasteiger partial charge on any atom is -0.491 e. The van der Waals surface area contributed by atoms with Crippen molar-refractivity contribution in [2.24, 2.45) is 5.73 Å². The van der Waals surface area contributed by atoms with E-state index in [1.165, 1.54) is 0 Å². The molecule has 0 aliphatic heterocycles. The summed E-state index contributed by atoms with van der Waals surface area (Å²) in [5, 5.41) is 9.93. The highest BCUT2D eigenvalue weighted by molar-refractivity contribution is 5.92. The summed E-state index contributed by atoms with van der Waals surface area (Å²) in [5.74, 6) is 0.219. The van der Waals surface area contributed by atoms with Crippen LogP contribution in [0.1, 0.15) is 10.4 Å². The van der Waals surface area contributed by atoms with E-state index in [1.54, 1.807) is 29.1 Å². The average Bonchev–Trinajstić information content (AvgIpc) is 2.46. The van der Waals surface area contributed by atoms with Crippen molar-refractivity contribution in [1.29, 1.82) is 0 Å². The predicted molar refractivity (Wildman–Crippen MR) is 73.1 cm³/mol. The first-order valence-corrected chi connectivity index (χ1v) is 6.30. The minimum absolute atomic E-state index is 0.178. The Hall–Kier alpha value is -2.40. The van der Waals surface area contributed by atoms with Gasteiger partial charge in [-0.3, -0.25) is 4.79 Å². The zero-order valence-electron chi connectivity index (χ0n) is 11.0. The Morgan fingerprint density at radius 1 is 1.25 bits per heavy atom. The van der Waals surface area contributed by atoms with Crippen molar-refractivity contribution in [1.82, 2.24) is 0 Å². The Morgan fingerprint density at radius 2 is 2.00 bits per heavy atom. The summed E-state index contributed by atoms with van der Waals surface area (Å²) in [6.07, 6.45) is 2.69. The third-order valence-electron chi connectivity index (χ3n) is 2.75. The molecule has 1 amide bonds. The van der Waals surface area contributed by atoms with Crippen LogP contribution < -0.4 is 15.0 Å². The molecule has 0 saturated heterocycles. The van der Waals surface area contributed by atoms with Crippen molar-refractivity contribution in [2.75, 3.05) is 6.61 Å². The van der Waals surface area contributed by atoms with Crippen molar-refractivity contribution >= 4 is 5.91 Å². The number of rotatable bonds is 6. The van der Waals surface area contributed by atoms with Gasteiger partial charge in [0.15, 0.2) is 18.9 Å². The normalized spacial score (nSPS) is 11.8. The number of benzene rings is 1. The van der Waals surface area contributed by atoms with Gasteiger partial charge in [0.25, 0.3) is 5.91 Å². The maximum absolute atomic E-state index is 11.1. The highest BCUT2D eigenvalue weighted by atomic mass is 16.5. The largest absolute Gasteiger partial charge is 0.491 e. The Bertz CT molecular complexity index is 572. The number of nitrogens with zero attached hydrogens (tertiary/aromatic N) is 1. The van der Waals surface area contributed by atoms with Crippen LogP contribution >= 0.6 is 0 Å². The first kappa shape index (κ1) is 14.0. The number of hydrogen-bond acceptors (Lipinski definition) is 3. The molecule has 1 atom stereocenters. The van der Waals surface area contributed by atoms with E-state index in [-0.39, 0.29) is 6.61 Å². The highest BCUT2D eigenvalue weighted by Gasteiger charge is 2.13. The number of amides is 1. The molecule has 0 fully saturated rings. The SMILES string of the molecule is NC(=O)c1ccc[n+](C[C@H](O)COc2ccccc2)c1. The Morgan fingerprint density at radius 3 is 2.70 bits per heavy atom. The van der Waals surface area contributed by atoms with Crippen LogP contribution in [0.3, 0.4) is 0 Å². The van der Waals surface area contributed by atoms with Crippen LogP contribution in [0.4, 0.5) is 0 Å². The molecule has 3 N–H and O–H groups in total. The standard InChI is InChI=1S/C15H16N2O3/c16-15(19)12-5-4-8-17(9-12)10-13(18)11-20-14-6-2-1-3-7-14/h1-9,13,18H,10-11H2,(H-,16,19)/p+1/t13-/m0/s1. The number of para-hydroxylation sites is 1. The van der Waals surface area contributed by atoms with E-state index in [4.69, 9.17) is 10.5 Å². The summed E-state index contributed by atoms with van der Waals surface area (Å²) in [7, 11) is 0. The van der Waals surface area contributed by atoms with E-state index in [9.17, 15) is 9.90 Å². The quantitative estimate of drug-likeness (QED) is 0.753. The molecule has 0 aliphatic rings. The van der Waals surface area contributed by atoms with E-state index in [2.05, 4.69) is 0 Å². The molecule has 104 valence electrons. The van der Waals surface area contributed by atoms with Crippen LogP contribution in [-0.4, -0.2) is 23.7 Å². The molecule has 2 rings (SSSR count). The molecule has 2 aromatic rings. The van der Waals surface area contributed by atoms with Crippen molar-refractivity contribution in [3.8, 4) is 5.75 Å². The van der Waals surface area contributed by atoms with E-state index < -0.39 is 12.0 Å². The smallest absolute Gasteiger partial charge is 0.254 e. The third kappa shape index (κ3) is 4.07. The minimum atomic E-state index is -0.677. The fourth-order valence-corrected chi connectivity index (χ4v) is 1.79. The molecular weight excluding hydrogens is 256 g/mol. The van der Waals surface area contributed by atoms with Crippen LogP contribution in [0.5, 0.6) is 5.75 Å². The second-order valence-corrected chi connectivity index (χ2v) is 4.43. The predicted octanol–water partition coefficient (Wildman–Crippen LogP) is 0.513. The number of aromatic nitrogens is 1. The average molecular weight is 273 g/mol. The number of primary amides is 1. The van der Waals surface area contributed by atoms with Gasteiger partial charge in [0, 0.05) is 6.07 Å². The lowest BCUT2D eigenvalue weighted by Crippen LogP contribution is -2.42. The van der Waals surface area contributed by atoms with Crippen LogP contribution in [0.2, 0.25) is 0 Å². The van der Waals surface area contributed by atoms with Crippen LogP contribution in [0, 0.1) is 0 Å². The van der Waals surface area contributed by atoms with Crippen LogP contribution in [0.15, 0.2) is 54.9 Å². The zero-order chi connectivity index (χ0) is 14.4. The van der Waals surface area contributed by atoms with Gasteiger partial charge in [-0.15, -0.1) is 0 Å². The van der Waals surface area contributed by atoms with Gasteiger partial charge in [-0.1, -0.05) is 18.2 Å². The molecule has 0 radical (unpaired) electrons. The van der Waals surface area contributed by atoms with Crippen molar-refractivity contribution in [3.63, 3.8) is 0 Å². The number of pyridine rings is 1. The summed E-state index contributed by atoms with van der Waals surface area (Å²) >= 11 is 0. The van der Waals surface area contributed by atoms with Crippen molar-refractivity contribution in [2.45, 2.75) is 12.6 Å². The molecule has 1 heterocycles.